The summed E-state index contributed by atoms with van der Waals surface area (Å²) in [6, 6.07) is 8.48. The maximum atomic E-state index is 11.7. The molecule has 17 heavy (non-hydrogen) atoms. The van der Waals surface area contributed by atoms with E-state index in [1.165, 1.54) is 0 Å². The molecule has 0 saturated heterocycles. The molecule has 88 valence electrons. The molecule has 1 aromatic heterocycles. The highest BCUT2D eigenvalue weighted by Gasteiger charge is 2.06. The molecule has 0 aliphatic carbocycles. The maximum Gasteiger partial charge on any atom is 0.251 e. The van der Waals surface area contributed by atoms with Crippen molar-refractivity contribution in [3.63, 3.8) is 0 Å². The van der Waals surface area contributed by atoms with Gasteiger partial charge in [-0.15, -0.1) is 0 Å². The molecule has 1 N–H and O–H groups in total. The number of benzene rings is 1. The molecule has 0 radical (unpaired) electrons. The SMILES string of the molecule is Cc1cc(CNC(=O)c2ccc(Cl)cc2)no1. The largest absolute Gasteiger partial charge is 0.361 e. The van der Waals surface area contributed by atoms with Gasteiger partial charge in [-0.25, -0.2) is 0 Å². The van der Waals surface area contributed by atoms with E-state index in [1.807, 2.05) is 0 Å². The van der Waals surface area contributed by atoms with Crippen LogP contribution in [0.3, 0.4) is 0 Å². The zero-order valence-corrected chi connectivity index (χ0v) is 9.99. The Morgan fingerprint density at radius 2 is 2.12 bits per heavy atom. The van der Waals surface area contributed by atoms with Gasteiger partial charge >= 0.3 is 0 Å². The van der Waals surface area contributed by atoms with Crippen LogP contribution in [0.25, 0.3) is 0 Å². The molecular formula is C12H11ClN2O2. The van der Waals surface area contributed by atoms with Crippen LogP contribution in [0, 0.1) is 6.92 Å². The van der Waals surface area contributed by atoms with E-state index in [0.29, 0.717) is 22.8 Å². The van der Waals surface area contributed by atoms with Gasteiger partial charge in [-0.1, -0.05) is 16.8 Å². The lowest BCUT2D eigenvalue weighted by molar-refractivity contribution is 0.0950. The van der Waals surface area contributed by atoms with Crippen LogP contribution in [-0.4, -0.2) is 11.1 Å². The summed E-state index contributed by atoms with van der Waals surface area (Å²) in [5.74, 6) is 0.558. The molecule has 0 aliphatic heterocycles. The number of hydrogen-bond acceptors (Lipinski definition) is 3. The molecule has 0 saturated carbocycles. The summed E-state index contributed by atoms with van der Waals surface area (Å²) < 4.78 is 4.90. The minimum absolute atomic E-state index is 0.165. The number of amides is 1. The molecule has 0 bridgehead atoms. The summed E-state index contributed by atoms with van der Waals surface area (Å²) in [4.78, 5) is 11.7. The number of hydrogen-bond donors (Lipinski definition) is 1. The second kappa shape index (κ2) is 5.01. The quantitative estimate of drug-likeness (QED) is 0.911. The topological polar surface area (TPSA) is 55.1 Å². The summed E-state index contributed by atoms with van der Waals surface area (Å²) in [6.45, 7) is 2.15. The number of rotatable bonds is 3. The van der Waals surface area contributed by atoms with E-state index in [1.54, 1.807) is 37.3 Å². The summed E-state index contributed by atoms with van der Waals surface area (Å²) in [5, 5.41) is 7.13. The summed E-state index contributed by atoms with van der Waals surface area (Å²) in [6.07, 6.45) is 0. The van der Waals surface area contributed by atoms with Crippen molar-refractivity contribution in [2.24, 2.45) is 0 Å². The molecule has 1 aromatic carbocycles. The molecule has 4 nitrogen and oxygen atoms in total. The predicted molar refractivity (Wildman–Crippen MR) is 63.9 cm³/mol. The maximum absolute atomic E-state index is 11.7. The summed E-state index contributed by atoms with van der Waals surface area (Å²) in [5.41, 5.74) is 1.26. The van der Waals surface area contributed by atoms with E-state index in [4.69, 9.17) is 16.1 Å². The lowest BCUT2D eigenvalue weighted by atomic mass is 10.2. The molecule has 0 fully saturated rings. The van der Waals surface area contributed by atoms with Gasteiger partial charge in [0.15, 0.2) is 0 Å². The predicted octanol–water partition coefficient (Wildman–Crippen LogP) is 2.57. The van der Waals surface area contributed by atoms with Crippen LogP contribution in [0.4, 0.5) is 0 Å². The second-order valence-electron chi connectivity index (χ2n) is 3.62. The molecule has 5 heteroatoms. The van der Waals surface area contributed by atoms with Crippen LogP contribution < -0.4 is 5.32 Å². The number of carbonyl (C=O) groups excluding carboxylic acids is 1. The van der Waals surface area contributed by atoms with E-state index in [0.717, 1.165) is 5.76 Å². The fraction of sp³-hybridized carbons (Fsp3) is 0.167. The Labute approximate surface area is 104 Å². The third-order valence-corrected chi connectivity index (χ3v) is 2.47. The zero-order valence-electron chi connectivity index (χ0n) is 9.24. The molecule has 0 aliphatic rings. The molecule has 0 spiro atoms. The van der Waals surface area contributed by atoms with E-state index < -0.39 is 0 Å². The Hall–Kier alpha value is -1.81. The van der Waals surface area contributed by atoms with Crippen molar-refractivity contribution in [3.05, 3.63) is 52.4 Å². The highest BCUT2D eigenvalue weighted by molar-refractivity contribution is 6.30. The Bertz CT molecular complexity index is 520. The minimum atomic E-state index is -0.165. The third kappa shape index (κ3) is 3.07. The van der Waals surface area contributed by atoms with Crippen molar-refractivity contribution in [3.8, 4) is 0 Å². The second-order valence-corrected chi connectivity index (χ2v) is 4.05. The molecule has 0 unspecified atom stereocenters. The fourth-order valence-electron chi connectivity index (χ4n) is 1.38. The summed E-state index contributed by atoms with van der Waals surface area (Å²) in [7, 11) is 0. The average Bonchev–Trinajstić information content (AvgIpc) is 2.73. The normalized spacial score (nSPS) is 10.2. The Morgan fingerprint density at radius 3 is 2.71 bits per heavy atom. The van der Waals surface area contributed by atoms with Crippen LogP contribution in [-0.2, 0) is 6.54 Å². The van der Waals surface area contributed by atoms with E-state index in [-0.39, 0.29) is 5.91 Å². The van der Waals surface area contributed by atoms with Gasteiger partial charge in [0.05, 0.1) is 6.54 Å². The van der Waals surface area contributed by atoms with Gasteiger partial charge in [0.1, 0.15) is 11.5 Å². The molecule has 2 aromatic rings. The highest BCUT2D eigenvalue weighted by atomic mass is 35.5. The zero-order chi connectivity index (χ0) is 12.3. The lowest BCUT2D eigenvalue weighted by Crippen LogP contribution is -2.22. The van der Waals surface area contributed by atoms with Crippen LogP contribution in [0.5, 0.6) is 0 Å². The van der Waals surface area contributed by atoms with Gasteiger partial charge < -0.3 is 9.84 Å². The molecule has 0 atom stereocenters. The number of carbonyl (C=O) groups is 1. The van der Waals surface area contributed by atoms with Gasteiger partial charge in [-0.2, -0.15) is 0 Å². The number of nitrogens with one attached hydrogen (secondary N) is 1. The van der Waals surface area contributed by atoms with Crippen molar-refractivity contribution >= 4 is 17.5 Å². The number of nitrogens with zero attached hydrogens (tertiary/aromatic N) is 1. The van der Waals surface area contributed by atoms with Gasteiger partial charge in [0.2, 0.25) is 0 Å². The van der Waals surface area contributed by atoms with Crippen molar-refractivity contribution < 1.29 is 9.32 Å². The van der Waals surface area contributed by atoms with E-state index in [9.17, 15) is 4.79 Å². The molecular weight excluding hydrogens is 240 g/mol. The lowest BCUT2D eigenvalue weighted by Gasteiger charge is -2.02. The summed E-state index contributed by atoms with van der Waals surface area (Å²) >= 11 is 5.74. The van der Waals surface area contributed by atoms with Crippen LogP contribution >= 0.6 is 11.6 Å². The smallest absolute Gasteiger partial charge is 0.251 e. The minimum Gasteiger partial charge on any atom is -0.361 e. The molecule has 2 rings (SSSR count). The third-order valence-electron chi connectivity index (χ3n) is 2.21. The average molecular weight is 251 g/mol. The van der Waals surface area contributed by atoms with Crippen LogP contribution in [0.15, 0.2) is 34.9 Å². The number of halogens is 1. The monoisotopic (exact) mass is 250 g/mol. The van der Waals surface area contributed by atoms with Gasteiger partial charge in [0, 0.05) is 16.7 Å². The number of aryl methyl sites for hydroxylation is 1. The Balaban J connectivity index is 1.95. The standard InChI is InChI=1S/C12H11ClN2O2/c1-8-6-11(15-17-8)7-14-12(16)9-2-4-10(13)5-3-9/h2-6H,7H2,1H3,(H,14,16). The van der Waals surface area contributed by atoms with Crippen molar-refractivity contribution in [2.75, 3.05) is 0 Å². The first kappa shape index (κ1) is 11.7. The Kier molecular flexibility index (Phi) is 3.44. The van der Waals surface area contributed by atoms with Crippen molar-refractivity contribution in [2.45, 2.75) is 13.5 Å². The van der Waals surface area contributed by atoms with Gasteiger partial charge in [0.25, 0.3) is 5.91 Å². The van der Waals surface area contributed by atoms with Crippen molar-refractivity contribution in [1.29, 1.82) is 0 Å². The van der Waals surface area contributed by atoms with E-state index in [2.05, 4.69) is 10.5 Å². The van der Waals surface area contributed by atoms with Crippen LogP contribution in [0.2, 0.25) is 5.02 Å². The first-order valence-electron chi connectivity index (χ1n) is 5.11. The molecule has 1 heterocycles. The highest BCUT2D eigenvalue weighted by Crippen LogP contribution is 2.09. The van der Waals surface area contributed by atoms with Crippen molar-refractivity contribution in [1.82, 2.24) is 10.5 Å². The van der Waals surface area contributed by atoms with Gasteiger partial charge in [-0.3, -0.25) is 4.79 Å². The fourth-order valence-corrected chi connectivity index (χ4v) is 1.50. The Morgan fingerprint density at radius 1 is 1.41 bits per heavy atom. The first-order valence-corrected chi connectivity index (χ1v) is 5.49. The first-order chi connectivity index (χ1) is 8.15. The molecule has 1 amide bonds. The van der Waals surface area contributed by atoms with E-state index >= 15 is 0 Å². The van der Waals surface area contributed by atoms with Gasteiger partial charge in [-0.05, 0) is 31.2 Å². The number of aromatic nitrogens is 1. The van der Waals surface area contributed by atoms with Crippen LogP contribution in [0.1, 0.15) is 21.8 Å².